The van der Waals surface area contributed by atoms with Crippen molar-refractivity contribution in [2.45, 2.75) is 52.2 Å². The highest BCUT2D eigenvalue weighted by atomic mass is 16.5. The molecule has 2 unspecified atom stereocenters. The maximum atomic E-state index is 12.2. The van der Waals surface area contributed by atoms with Gasteiger partial charge in [-0.15, -0.1) is 0 Å². The maximum Gasteiger partial charge on any atom is 0.234 e. The van der Waals surface area contributed by atoms with Crippen molar-refractivity contribution in [1.29, 1.82) is 0 Å². The first-order chi connectivity index (χ1) is 11.1. The van der Waals surface area contributed by atoms with E-state index < -0.39 is 0 Å². The second kappa shape index (κ2) is 9.04. The molecule has 0 aliphatic carbocycles. The molecule has 1 aromatic carbocycles. The molecule has 1 amide bonds. The zero-order valence-corrected chi connectivity index (χ0v) is 14.6. The lowest BCUT2D eigenvalue weighted by molar-refractivity contribution is -0.121. The van der Waals surface area contributed by atoms with Gasteiger partial charge >= 0.3 is 0 Å². The summed E-state index contributed by atoms with van der Waals surface area (Å²) in [6, 6.07) is 8.60. The van der Waals surface area contributed by atoms with Gasteiger partial charge in [-0.25, -0.2) is 0 Å². The number of benzene rings is 1. The molecule has 4 nitrogen and oxygen atoms in total. The van der Waals surface area contributed by atoms with Crippen molar-refractivity contribution in [3.05, 3.63) is 35.4 Å². The first kappa shape index (κ1) is 18.0. The third-order valence-corrected chi connectivity index (χ3v) is 4.41. The summed E-state index contributed by atoms with van der Waals surface area (Å²) >= 11 is 0. The van der Waals surface area contributed by atoms with Crippen molar-refractivity contribution in [1.82, 2.24) is 10.6 Å². The van der Waals surface area contributed by atoms with Crippen LogP contribution in [0.15, 0.2) is 24.3 Å². The molecule has 1 aliphatic heterocycles. The van der Waals surface area contributed by atoms with Crippen LogP contribution < -0.4 is 10.6 Å². The third kappa shape index (κ3) is 5.63. The van der Waals surface area contributed by atoms with Gasteiger partial charge in [0.25, 0.3) is 0 Å². The number of aryl methyl sites for hydroxylation is 1. The number of rotatable bonds is 8. The van der Waals surface area contributed by atoms with Gasteiger partial charge in [-0.05, 0) is 36.3 Å². The third-order valence-electron chi connectivity index (χ3n) is 4.41. The minimum absolute atomic E-state index is 0.0428. The van der Waals surface area contributed by atoms with E-state index in [1.807, 2.05) is 0 Å². The molecule has 1 fully saturated rings. The number of hydrogen-bond acceptors (Lipinski definition) is 3. The summed E-state index contributed by atoms with van der Waals surface area (Å²) in [5.74, 6) is 0.394. The molecular weight excluding hydrogens is 288 g/mol. The van der Waals surface area contributed by atoms with Crippen LogP contribution >= 0.6 is 0 Å². The molecule has 0 bridgehead atoms. The van der Waals surface area contributed by atoms with Gasteiger partial charge in [0.15, 0.2) is 0 Å². The minimum Gasteiger partial charge on any atom is -0.377 e. The Morgan fingerprint density at radius 1 is 1.30 bits per heavy atom. The first-order valence-corrected chi connectivity index (χ1v) is 8.80. The Balaban J connectivity index is 1.83. The van der Waals surface area contributed by atoms with Gasteiger partial charge in [0, 0.05) is 13.2 Å². The second-order valence-electron chi connectivity index (χ2n) is 6.65. The molecule has 2 N–H and O–H groups in total. The average molecular weight is 318 g/mol. The van der Waals surface area contributed by atoms with E-state index in [1.165, 1.54) is 11.1 Å². The topological polar surface area (TPSA) is 50.4 Å². The van der Waals surface area contributed by atoms with E-state index in [0.29, 0.717) is 12.5 Å². The number of nitrogens with one attached hydrogen (secondary N) is 2. The number of amides is 1. The molecule has 4 heteroatoms. The van der Waals surface area contributed by atoms with Gasteiger partial charge in [0.1, 0.15) is 0 Å². The van der Waals surface area contributed by atoms with Gasteiger partial charge in [0.05, 0.1) is 18.7 Å². The summed E-state index contributed by atoms with van der Waals surface area (Å²) in [4.78, 5) is 12.2. The summed E-state index contributed by atoms with van der Waals surface area (Å²) in [5.41, 5.74) is 2.49. The summed E-state index contributed by atoms with van der Waals surface area (Å²) in [6.45, 7) is 8.37. The number of ether oxygens (including phenoxy) is 1. The van der Waals surface area contributed by atoms with Crippen LogP contribution in [0.4, 0.5) is 0 Å². The lowest BCUT2D eigenvalue weighted by Crippen LogP contribution is -2.40. The van der Waals surface area contributed by atoms with Gasteiger partial charge in [-0.3, -0.25) is 4.79 Å². The molecule has 0 radical (unpaired) electrons. The van der Waals surface area contributed by atoms with Crippen molar-refractivity contribution in [3.63, 3.8) is 0 Å². The first-order valence-electron chi connectivity index (χ1n) is 8.80. The van der Waals surface area contributed by atoms with Gasteiger partial charge in [-0.1, -0.05) is 45.0 Å². The van der Waals surface area contributed by atoms with Gasteiger partial charge < -0.3 is 15.4 Å². The van der Waals surface area contributed by atoms with Crippen LogP contribution in [0.3, 0.4) is 0 Å². The van der Waals surface area contributed by atoms with Crippen molar-refractivity contribution < 1.29 is 9.53 Å². The monoisotopic (exact) mass is 318 g/mol. The smallest absolute Gasteiger partial charge is 0.234 e. The van der Waals surface area contributed by atoms with Crippen LogP contribution in [0.2, 0.25) is 0 Å². The highest BCUT2D eigenvalue weighted by molar-refractivity contribution is 5.78. The molecular formula is C19H30N2O2. The van der Waals surface area contributed by atoms with Crippen molar-refractivity contribution in [2.75, 3.05) is 19.7 Å². The summed E-state index contributed by atoms with van der Waals surface area (Å²) in [7, 11) is 0. The molecule has 0 saturated carbocycles. The molecule has 1 aromatic rings. The molecule has 128 valence electrons. The van der Waals surface area contributed by atoms with E-state index in [2.05, 4.69) is 55.7 Å². The fraction of sp³-hybridized carbons (Fsp3) is 0.632. The lowest BCUT2D eigenvalue weighted by Gasteiger charge is -2.23. The van der Waals surface area contributed by atoms with E-state index in [-0.39, 0.29) is 18.1 Å². The Morgan fingerprint density at radius 3 is 2.61 bits per heavy atom. The zero-order valence-electron chi connectivity index (χ0n) is 14.6. The summed E-state index contributed by atoms with van der Waals surface area (Å²) in [6.07, 6.45) is 3.52. The minimum atomic E-state index is 0.0428. The zero-order chi connectivity index (χ0) is 16.7. The Labute approximate surface area is 140 Å². The van der Waals surface area contributed by atoms with Crippen LogP contribution in [-0.2, 0) is 16.0 Å². The molecule has 0 aromatic heterocycles. The average Bonchev–Trinajstić information content (AvgIpc) is 3.06. The number of carbonyl (C=O) groups excluding carboxylic acids is 1. The van der Waals surface area contributed by atoms with Crippen LogP contribution in [0.25, 0.3) is 0 Å². The van der Waals surface area contributed by atoms with E-state index in [9.17, 15) is 4.79 Å². The summed E-state index contributed by atoms with van der Waals surface area (Å²) in [5, 5.41) is 6.36. The van der Waals surface area contributed by atoms with E-state index >= 15 is 0 Å². The Kier molecular flexibility index (Phi) is 7.06. The fourth-order valence-electron chi connectivity index (χ4n) is 2.97. The predicted molar refractivity (Wildman–Crippen MR) is 93.4 cm³/mol. The van der Waals surface area contributed by atoms with E-state index in [1.54, 1.807) is 0 Å². The van der Waals surface area contributed by atoms with E-state index in [0.717, 1.165) is 32.4 Å². The van der Waals surface area contributed by atoms with E-state index in [4.69, 9.17) is 4.74 Å². The highest BCUT2D eigenvalue weighted by Crippen LogP contribution is 2.22. The standard InChI is InChI=1S/C19H30N2O2/c1-4-15-7-9-16(10-8-15)19(14(2)3)21-18(22)13-20-12-17-6-5-11-23-17/h7-10,14,17,19-20H,4-6,11-13H2,1-3H3,(H,21,22). The normalized spacial score (nSPS) is 19.0. The van der Waals surface area contributed by atoms with Crippen LogP contribution in [0, 0.1) is 5.92 Å². The van der Waals surface area contributed by atoms with Crippen molar-refractivity contribution in [2.24, 2.45) is 5.92 Å². The molecule has 2 atom stereocenters. The van der Waals surface area contributed by atoms with Crippen LogP contribution in [0.5, 0.6) is 0 Å². The fourth-order valence-corrected chi connectivity index (χ4v) is 2.97. The molecule has 1 aliphatic rings. The molecule has 0 spiro atoms. The highest BCUT2D eigenvalue weighted by Gasteiger charge is 2.19. The number of hydrogen-bond donors (Lipinski definition) is 2. The Bertz CT molecular complexity index is 479. The maximum absolute atomic E-state index is 12.2. The summed E-state index contributed by atoms with van der Waals surface area (Å²) < 4.78 is 5.55. The molecule has 2 rings (SSSR count). The van der Waals surface area contributed by atoms with Gasteiger partial charge in [0.2, 0.25) is 5.91 Å². The van der Waals surface area contributed by atoms with Crippen LogP contribution in [0.1, 0.15) is 50.8 Å². The predicted octanol–water partition coefficient (Wildman–Crippen LogP) is 2.83. The quantitative estimate of drug-likeness (QED) is 0.775. The van der Waals surface area contributed by atoms with Crippen molar-refractivity contribution >= 4 is 5.91 Å². The molecule has 23 heavy (non-hydrogen) atoms. The van der Waals surface area contributed by atoms with Crippen LogP contribution in [-0.4, -0.2) is 31.7 Å². The Morgan fingerprint density at radius 2 is 2.04 bits per heavy atom. The van der Waals surface area contributed by atoms with Crippen molar-refractivity contribution in [3.8, 4) is 0 Å². The second-order valence-corrected chi connectivity index (χ2v) is 6.65. The molecule has 1 heterocycles. The SMILES string of the molecule is CCc1ccc(C(NC(=O)CNCC2CCCO2)C(C)C)cc1. The Hall–Kier alpha value is -1.39. The van der Waals surface area contributed by atoms with Gasteiger partial charge in [-0.2, -0.15) is 0 Å². The lowest BCUT2D eigenvalue weighted by atomic mass is 9.95. The largest absolute Gasteiger partial charge is 0.377 e. The molecule has 1 saturated heterocycles. The number of carbonyl (C=O) groups is 1.